The standard InChI is InChI=1S/C40H42N4O10S/c1-17-8-21-10-24-25(12-41)44-26-14-51-39(48)40(23-11-27(49-4)22(13-45)9-20(23)6-7-42-40)15-55-38(32(44)31(43-24)28(21)33(47)34(17)50-5)30-29(26)37-36(52-16-53-37)18(2)35(30)54-19(3)46/h8-9,11,24-26,31-32,38,42-43,45,47H,6-7,10,13-16H2,1-5H3/t24-,25-,26?,31+,32+,38+,40+/m0/s1. The number of hydrogen-bond acceptors (Lipinski definition) is 15. The van der Waals surface area contributed by atoms with Gasteiger partial charge in [-0.05, 0) is 61.1 Å². The van der Waals surface area contributed by atoms with Gasteiger partial charge < -0.3 is 44.0 Å². The van der Waals surface area contributed by atoms with Gasteiger partial charge in [0.25, 0.3) is 0 Å². The summed E-state index contributed by atoms with van der Waals surface area (Å²) >= 11 is 1.48. The Morgan fingerprint density at radius 1 is 1.09 bits per heavy atom. The van der Waals surface area contributed by atoms with Gasteiger partial charge in [0.2, 0.25) is 6.79 Å². The zero-order valence-electron chi connectivity index (χ0n) is 31.1. The summed E-state index contributed by atoms with van der Waals surface area (Å²) in [5.41, 5.74) is 5.17. The first-order valence-corrected chi connectivity index (χ1v) is 19.4. The van der Waals surface area contributed by atoms with E-state index in [0.717, 1.165) is 16.7 Å². The van der Waals surface area contributed by atoms with Gasteiger partial charge in [0.1, 0.15) is 24.1 Å². The van der Waals surface area contributed by atoms with Crippen molar-refractivity contribution in [3.63, 3.8) is 0 Å². The van der Waals surface area contributed by atoms with Crippen molar-refractivity contribution in [2.75, 3.05) is 39.9 Å². The number of carbonyl (C=O) groups is 2. The second-order valence-corrected chi connectivity index (χ2v) is 16.1. The average Bonchev–Trinajstić information content (AvgIpc) is 3.67. The molecule has 3 aromatic rings. The molecule has 1 unspecified atom stereocenters. The number of nitrogens with zero attached hydrogens (tertiary/aromatic N) is 2. The molecule has 55 heavy (non-hydrogen) atoms. The number of carbonyl (C=O) groups excluding carboxylic acids is 2. The van der Waals surface area contributed by atoms with Gasteiger partial charge in [-0.3, -0.25) is 15.0 Å². The van der Waals surface area contributed by atoms with Crippen LogP contribution in [0.4, 0.5) is 0 Å². The van der Waals surface area contributed by atoms with Crippen LogP contribution in [0.2, 0.25) is 0 Å². The lowest BCUT2D eigenvalue weighted by Gasteiger charge is -2.59. The van der Waals surface area contributed by atoms with E-state index in [4.69, 9.17) is 28.4 Å². The summed E-state index contributed by atoms with van der Waals surface area (Å²) in [4.78, 5) is 29.8. The van der Waals surface area contributed by atoms with E-state index >= 15 is 0 Å². The molecule has 288 valence electrons. The number of rotatable bonds is 4. The van der Waals surface area contributed by atoms with Gasteiger partial charge in [0.15, 0.2) is 28.5 Å². The first-order chi connectivity index (χ1) is 26.6. The summed E-state index contributed by atoms with van der Waals surface area (Å²) in [6.45, 7) is 5.09. The van der Waals surface area contributed by atoms with Crippen molar-refractivity contribution in [3.05, 3.63) is 68.3 Å². The van der Waals surface area contributed by atoms with Crippen LogP contribution in [0.3, 0.4) is 0 Å². The van der Waals surface area contributed by atoms with Gasteiger partial charge in [-0.1, -0.05) is 6.07 Å². The minimum Gasteiger partial charge on any atom is -0.504 e. The summed E-state index contributed by atoms with van der Waals surface area (Å²) in [5, 5.41) is 39.8. The summed E-state index contributed by atoms with van der Waals surface area (Å²) in [6.07, 6.45) is 1.08. The number of aryl methyl sites for hydroxylation is 1. The number of aliphatic hydroxyl groups excluding tert-OH is 1. The molecule has 7 heterocycles. The number of fused-ring (bicyclic) bond motifs is 9. The van der Waals surface area contributed by atoms with Crippen LogP contribution in [0, 0.1) is 25.2 Å². The lowest BCUT2D eigenvalue weighted by molar-refractivity contribution is -0.155. The minimum absolute atomic E-state index is 0.0293. The minimum atomic E-state index is -1.33. The maximum Gasteiger partial charge on any atom is 0.331 e. The fraction of sp³-hybridized carbons (Fsp3) is 0.475. The Hall–Kier alpha value is -4.72. The van der Waals surface area contributed by atoms with Crippen molar-refractivity contribution in [1.29, 1.82) is 5.26 Å². The molecule has 1 spiro atoms. The Kier molecular flexibility index (Phi) is 8.63. The van der Waals surface area contributed by atoms with Crippen LogP contribution in [0.25, 0.3) is 0 Å². The SMILES string of the molecule is COc1cc2c(cc1CO)CCN[C@]21CS[C@@H]2c3c(OC(C)=O)c(C)c4c(c3C(COC1=O)N1[C@@H]2[C@@H]2N[C@@H](Cc3cc(C)c(OC)c(O)c32)[C@@H]1C#N)OCO4. The molecule has 0 saturated carbocycles. The second kappa shape index (κ2) is 13.2. The number of phenolic OH excluding ortho intramolecular Hbond substituents is 1. The quantitative estimate of drug-likeness (QED) is 0.224. The Morgan fingerprint density at radius 3 is 2.62 bits per heavy atom. The van der Waals surface area contributed by atoms with Crippen LogP contribution in [-0.2, 0) is 39.3 Å². The van der Waals surface area contributed by atoms with Crippen LogP contribution < -0.4 is 34.3 Å². The van der Waals surface area contributed by atoms with Crippen LogP contribution in [0.1, 0.15) is 74.3 Å². The Labute approximate surface area is 322 Å². The fourth-order valence-electron chi connectivity index (χ4n) is 10.0. The maximum atomic E-state index is 14.8. The average molecular weight is 771 g/mol. The smallest absolute Gasteiger partial charge is 0.331 e. The van der Waals surface area contributed by atoms with E-state index in [-0.39, 0.29) is 37.6 Å². The molecule has 2 saturated heterocycles. The molecule has 14 nitrogen and oxygen atoms in total. The molecule has 2 fully saturated rings. The molecule has 10 rings (SSSR count). The van der Waals surface area contributed by atoms with Gasteiger partial charge in [-0.25, -0.2) is 4.79 Å². The predicted molar refractivity (Wildman–Crippen MR) is 198 cm³/mol. The number of hydrogen-bond donors (Lipinski definition) is 4. The van der Waals surface area contributed by atoms with Crippen LogP contribution in [0.5, 0.6) is 34.5 Å². The monoisotopic (exact) mass is 770 g/mol. The first kappa shape index (κ1) is 35.9. The molecular weight excluding hydrogens is 729 g/mol. The molecule has 3 aromatic carbocycles. The largest absolute Gasteiger partial charge is 0.504 e. The number of thioether (sulfide) groups is 1. The molecule has 0 radical (unpaired) electrons. The zero-order chi connectivity index (χ0) is 38.5. The van der Waals surface area contributed by atoms with Crippen molar-refractivity contribution in [2.45, 2.75) is 81.2 Å². The van der Waals surface area contributed by atoms with Crippen molar-refractivity contribution < 1.29 is 48.2 Å². The Balaban J connectivity index is 1.31. The molecule has 7 aliphatic rings. The number of ether oxygens (including phenoxy) is 6. The number of phenols is 1. The molecule has 0 amide bonds. The van der Waals surface area contributed by atoms with Crippen LogP contribution in [0.15, 0.2) is 18.2 Å². The molecule has 0 aliphatic carbocycles. The third kappa shape index (κ3) is 5.08. The van der Waals surface area contributed by atoms with E-state index in [2.05, 4.69) is 21.6 Å². The molecule has 7 aliphatic heterocycles. The predicted octanol–water partition coefficient (Wildman–Crippen LogP) is 3.43. The molecular formula is C40H42N4O10S. The number of nitrogens with one attached hydrogen (secondary N) is 2. The highest BCUT2D eigenvalue weighted by Gasteiger charge is 2.60. The summed E-state index contributed by atoms with van der Waals surface area (Å²) in [5.74, 6) is 1.24. The normalized spacial score (nSPS) is 28.6. The van der Waals surface area contributed by atoms with E-state index in [9.17, 15) is 25.1 Å². The molecule has 4 N–H and O–H groups in total. The van der Waals surface area contributed by atoms with E-state index in [1.54, 1.807) is 0 Å². The van der Waals surface area contributed by atoms with E-state index < -0.39 is 46.9 Å². The number of benzene rings is 3. The summed E-state index contributed by atoms with van der Waals surface area (Å²) in [7, 11) is 3.06. The number of nitriles is 1. The van der Waals surface area contributed by atoms with Crippen LogP contribution in [-0.4, -0.2) is 85.1 Å². The zero-order valence-corrected chi connectivity index (χ0v) is 31.9. The van der Waals surface area contributed by atoms with Gasteiger partial charge in [-0.2, -0.15) is 5.26 Å². The number of esters is 2. The highest BCUT2D eigenvalue weighted by Crippen LogP contribution is 2.63. The molecule has 15 heteroatoms. The van der Waals surface area contributed by atoms with Gasteiger partial charge >= 0.3 is 11.9 Å². The molecule has 7 atom stereocenters. The third-order valence-electron chi connectivity index (χ3n) is 12.2. The van der Waals surface area contributed by atoms with Crippen molar-refractivity contribution >= 4 is 23.7 Å². The lowest BCUT2D eigenvalue weighted by atomic mass is 9.72. The topological polar surface area (TPSA) is 181 Å². The number of piperazine rings is 1. The number of aliphatic hydroxyl groups is 1. The van der Waals surface area contributed by atoms with Gasteiger partial charge in [-0.15, -0.1) is 11.8 Å². The number of aromatic hydroxyl groups is 1. The number of methoxy groups -OCH3 is 2. The summed E-state index contributed by atoms with van der Waals surface area (Å²) < 4.78 is 36.2. The summed E-state index contributed by atoms with van der Waals surface area (Å²) in [6, 6.07) is 5.47. The lowest BCUT2D eigenvalue weighted by Crippen LogP contribution is -2.69. The van der Waals surface area contributed by atoms with Crippen LogP contribution >= 0.6 is 11.8 Å². The highest BCUT2D eigenvalue weighted by atomic mass is 32.2. The van der Waals surface area contributed by atoms with Gasteiger partial charge in [0, 0.05) is 59.1 Å². The van der Waals surface area contributed by atoms with Crippen molar-refractivity contribution in [1.82, 2.24) is 15.5 Å². The van der Waals surface area contributed by atoms with Gasteiger partial charge in [0.05, 0.1) is 44.2 Å². The third-order valence-corrected chi connectivity index (χ3v) is 13.7. The molecule has 0 aromatic heterocycles. The second-order valence-electron chi connectivity index (χ2n) is 15.0. The molecule has 4 bridgehead atoms. The van der Waals surface area contributed by atoms with E-state index in [0.29, 0.717) is 81.5 Å². The first-order valence-electron chi connectivity index (χ1n) is 18.4. The Bertz CT molecular complexity index is 2210. The fourth-order valence-corrected chi connectivity index (χ4v) is 11.7. The van der Waals surface area contributed by atoms with Crippen molar-refractivity contribution in [3.8, 4) is 40.6 Å². The Morgan fingerprint density at radius 2 is 1.89 bits per heavy atom. The van der Waals surface area contributed by atoms with E-state index in [1.165, 1.54) is 32.9 Å². The maximum absolute atomic E-state index is 14.8. The highest BCUT2D eigenvalue weighted by molar-refractivity contribution is 7.99. The van der Waals surface area contributed by atoms with Crippen molar-refractivity contribution in [2.24, 2.45) is 0 Å². The van der Waals surface area contributed by atoms with E-state index in [1.807, 2.05) is 32.0 Å².